The smallest absolute Gasteiger partial charge is 0.0582 e. The van der Waals surface area contributed by atoms with E-state index in [2.05, 4.69) is 36.5 Å². The third kappa shape index (κ3) is 4.77. The Hall–Kier alpha value is -0.860. The van der Waals surface area contributed by atoms with Crippen molar-refractivity contribution < 1.29 is 5.11 Å². The number of rotatable bonds is 7. The molecule has 2 N–H and O–H groups in total. The molecular formula is C14H23NO. The standard InChI is InChI=1S/C14H23NO/c1-3-7-14(15-12(2)11-16)10-13-8-5-4-6-9-13/h4-6,8-9,12,14-16H,3,7,10-11H2,1-2H3/t12-,14?/m0/s1. The molecule has 0 radical (unpaired) electrons. The van der Waals surface area contributed by atoms with Gasteiger partial charge in [0, 0.05) is 12.1 Å². The Kier molecular flexibility index (Phi) is 6.12. The van der Waals surface area contributed by atoms with E-state index in [0.29, 0.717) is 6.04 Å². The average molecular weight is 221 g/mol. The van der Waals surface area contributed by atoms with Gasteiger partial charge in [0.05, 0.1) is 6.61 Å². The molecule has 0 saturated heterocycles. The lowest BCUT2D eigenvalue weighted by molar-refractivity contribution is 0.237. The van der Waals surface area contributed by atoms with E-state index in [1.165, 1.54) is 12.0 Å². The van der Waals surface area contributed by atoms with Crippen LogP contribution in [0.2, 0.25) is 0 Å². The van der Waals surface area contributed by atoms with Gasteiger partial charge in [-0.2, -0.15) is 0 Å². The minimum absolute atomic E-state index is 0.181. The molecule has 0 saturated carbocycles. The van der Waals surface area contributed by atoms with Crippen LogP contribution in [0.3, 0.4) is 0 Å². The maximum Gasteiger partial charge on any atom is 0.0582 e. The molecule has 1 aromatic rings. The number of hydrogen-bond donors (Lipinski definition) is 2. The van der Waals surface area contributed by atoms with Gasteiger partial charge in [-0.3, -0.25) is 0 Å². The summed E-state index contributed by atoms with van der Waals surface area (Å²) < 4.78 is 0. The number of hydrogen-bond acceptors (Lipinski definition) is 2. The molecule has 0 amide bonds. The summed E-state index contributed by atoms with van der Waals surface area (Å²) in [5, 5.41) is 12.5. The van der Waals surface area contributed by atoms with Crippen molar-refractivity contribution in [1.82, 2.24) is 5.32 Å². The predicted molar refractivity (Wildman–Crippen MR) is 68.5 cm³/mol. The lowest BCUT2D eigenvalue weighted by Gasteiger charge is -2.22. The molecule has 90 valence electrons. The number of nitrogens with one attached hydrogen (secondary N) is 1. The molecule has 2 atom stereocenters. The monoisotopic (exact) mass is 221 g/mol. The van der Waals surface area contributed by atoms with Crippen LogP contribution in [-0.2, 0) is 6.42 Å². The summed E-state index contributed by atoms with van der Waals surface area (Å²) in [5.41, 5.74) is 1.36. The fourth-order valence-corrected chi connectivity index (χ4v) is 1.95. The molecule has 0 bridgehead atoms. The second-order valence-corrected chi connectivity index (χ2v) is 4.43. The molecule has 2 heteroatoms. The molecule has 16 heavy (non-hydrogen) atoms. The zero-order valence-corrected chi connectivity index (χ0v) is 10.3. The van der Waals surface area contributed by atoms with Crippen LogP contribution < -0.4 is 5.32 Å². The van der Waals surface area contributed by atoms with Crippen LogP contribution in [0, 0.1) is 0 Å². The summed E-state index contributed by atoms with van der Waals surface area (Å²) in [6, 6.07) is 11.2. The molecule has 0 aliphatic rings. The van der Waals surface area contributed by atoms with E-state index in [1.54, 1.807) is 0 Å². The Balaban J connectivity index is 2.50. The fourth-order valence-electron chi connectivity index (χ4n) is 1.95. The summed E-state index contributed by atoms with van der Waals surface area (Å²) in [5.74, 6) is 0. The van der Waals surface area contributed by atoms with Gasteiger partial charge in [0.2, 0.25) is 0 Å². The van der Waals surface area contributed by atoms with Crippen LogP contribution in [0.15, 0.2) is 30.3 Å². The topological polar surface area (TPSA) is 32.3 Å². The Labute approximate surface area is 98.7 Å². The summed E-state index contributed by atoms with van der Waals surface area (Å²) in [4.78, 5) is 0. The number of benzene rings is 1. The van der Waals surface area contributed by atoms with Crippen molar-refractivity contribution in [3.63, 3.8) is 0 Å². The van der Waals surface area contributed by atoms with Crippen LogP contribution in [-0.4, -0.2) is 23.8 Å². The highest BCUT2D eigenvalue weighted by Crippen LogP contribution is 2.08. The van der Waals surface area contributed by atoms with Crippen LogP contribution in [0.1, 0.15) is 32.3 Å². The van der Waals surface area contributed by atoms with Crippen molar-refractivity contribution in [1.29, 1.82) is 0 Å². The Morgan fingerprint density at radius 3 is 2.50 bits per heavy atom. The Morgan fingerprint density at radius 2 is 1.94 bits per heavy atom. The van der Waals surface area contributed by atoms with Gasteiger partial charge in [0.1, 0.15) is 0 Å². The first kappa shape index (κ1) is 13.2. The van der Waals surface area contributed by atoms with Crippen molar-refractivity contribution in [3.8, 4) is 0 Å². The zero-order valence-electron chi connectivity index (χ0n) is 10.3. The molecule has 0 heterocycles. The third-order valence-corrected chi connectivity index (χ3v) is 2.76. The van der Waals surface area contributed by atoms with Crippen molar-refractivity contribution in [2.75, 3.05) is 6.61 Å². The minimum atomic E-state index is 0.181. The predicted octanol–water partition coefficient (Wildman–Crippen LogP) is 2.37. The van der Waals surface area contributed by atoms with Gasteiger partial charge in [-0.05, 0) is 25.3 Å². The van der Waals surface area contributed by atoms with Crippen LogP contribution >= 0.6 is 0 Å². The molecule has 0 spiro atoms. The van der Waals surface area contributed by atoms with Gasteiger partial charge in [0.15, 0.2) is 0 Å². The van der Waals surface area contributed by atoms with Gasteiger partial charge in [-0.25, -0.2) is 0 Å². The van der Waals surface area contributed by atoms with Crippen LogP contribution in [0.5, 0.6) is 0 Å². The largest absolute Gasteiger partial charge is 0.395 e. The molecule has 0 aliphatic heterocycles. The van der Waals surface area contributed by atoms with Crippen molar-refractivity contribution >= 4 is 0 Å². The lowest BCUT2D eigenvalue weighted by atomic mass is 10.0. The van der Waals surface area contributed by atoms with E-state index in [4.69, 9.17) is 5.11 Å². The quantitative estimate of drug-likeness (QED) is 0.741. The molecular weight excluding hydrogens is 198 g/mol. The molecule has 2 nitrogen and oxygen atoms in total. The minimum Gasteiger partial charge on any atom is -0.395 e. The Morgan fingerprint density at radius 1 is 1.25 bits per heavy atom. The SMILES string of the molecule is CCCC(Cc1ccccc1)N[C@@H](C)CO. The molecule has 0 fully saturated rings. The third-order valence-electron chi connectivity index (χ3n) is 2.76. The van der Waals surface area contributed by atoms with Crippen molar-refractivity contribution in [3.05, 3.63) is 35.9 Å². The van der Waals surface area contributed by atoms with Gasteiger partial charge < -0.3 is 10.4 Å². The molecule has 1 rings (SSSR count). The highest BCUT2D eigenvalue weighted by Gasteiger charge is 2.11. The second-order valence-electron chi connectivity index (χ2n) is 4.43. The second kappa shape index (κ2) is 7.42. The number of aliphatic hydroxyl groups excluding tert-OH is 1. The first-order valence-electron chi connectivity index (χ1n) is 6.17. The van der Waals surface area contributed by atoms with E-state index < -0.39 is 0 Å². The molecule has 0 aromatic heterocycles. The Bertz CT molecular complexity index is 273. The summed E-state index contributed by atoms with van der Waals surface area (Å²) in [6.07, 6.45) is 3.36. The zero-order chi connectivity index (χ0) is 11.8. The summed E-state index contributed by atoms with van der Waals surface area (Å²) in [6.45, 7) is 4.42. The van der Waals surface area contributed by atoms with E-state index in [1.807, 2.05) is 13.0 Å². The van der Waals surface area contributed by atoms with Gasteiger partial charge in [0.25, 0.3) is 0 Å². The van der Waals surface area contributed by atoms with E-state index >= 15 is 0 Å². The normalized spacial score (nSPS) is 14.7. The highest BCUT2D eigenvalue weighted by atomic mass is 16.3. The fraction of sp³-hybridized carbons (Fsp3) is 0.571. The molecule has 0 aliphatic carbocycles. The average Bonchev–Trinajstić information content (AvgIpc) is 2.30. The van der Waals surface area contributed by atoms with Gasteiger partial charge in [-0.1, -0.05) is 43.7 Å². The van der Waals surface area contributed by atoms with Crippen LogP contribution in [0.25, 0.3) is 0 Å². The van der Waals surface area contributed by atoms with Gasteiger partial charge in [-0.15, -0.1) is 0 Å². The van der Waals surface area contributed by atoms with Crippen molar-refractivity contribution in [2.24, 2.45) is 0 Å². The van der Waals surface area contributed by atoms with Crippen molar-refractivity contribution in [2.45, 2.75) is 45.2 Å². The van der Waals surface area contributed by atoms with Gasteiger partial charge >= 0.3 is 0 Å². The van der Waals surface area contributed by atoms with E-state index in [0.717, 1.165) is 12.8 Å². The molecule has 1 unspecified atom stereocenters. The van der Waals surface area contributed by atoms with E-state index in [-0.39, 0.29) is 12.6 Å². The van der Waals surface area contributed by atoms with E-state index in [9.17, 15) is 0 Å². The first-order chi connectivity index (χ1) is 7.76. The maximum atomic E-state index is 9.06. The first-order valence-corrected chi connectivity index (χ1v) is 6.17. The summed E-state index contributed by atoms with van der Waals surface area (Å²) >= 11 is 0. The summed E-state index contributed by atoms with van der Waals surface area (Å²) in [7, 11) is 0. The lowest BCUT2D eigenvalue weighted by Crippen LogP contribution is -2.39. The van der Waals surface area contributed by atoms with Crippen LogP contribution in [0.4, 0.5) is 0 Å². The molecule has 1 aromatic carbocycles. The highest BCUT2D eigenvalue weighted by molar-refractivity contribution is 5.15. The number of aliphatic hydroxyl groups is 1. The maximum absolute atomic E-state index is 9.06.